The average molecular weight is 255 g/mol. The number of carbonyl (C=O) groups excluding carboxylic acids is 1. The summed E-state index contributed by atoms with van der Waals surface area (Å²) in [5.74, 6) is -0.167. The Kier molecular flexibility index (Phi) is 5.66. The molecule has 0 bridgehead atoms. The van der Waals surface area contributed by atoms with Crippen LogP contribution in [0.4, 0.5) is 0 Å². The van der Waals surface area contributed by atoms with Gasteiger partial charge in [-0.1, -0.05) is 17.7 Å². The molecule has 0 aromatic carbocycles. The minimum Gasteiger partial charge on any atom is -0.383 e. The Hall–Kier alpha value is -1.39. The van der Waals surface area contributed by atoms with Crippen LogP contribution in [-0.4, -0.2) is 42.6 Å². The topological polar surface area (TPSA) is 42.4 Å². The molecule has 0 aliphatic carbocycles. The molecule has 1 rings (SSSR count). The van der Waals surface area contributed by atoms with Gasteiger partial charge in [0.15, 0.2) is 0 Å². The van der Waals surface area contributed by atoms with Crippen molar-refractivity contribution in [3.05, 3.63) is 41.7 Å². The SMILES string of the molecule is C=CCN(CCOC)C(=O)c1cnccc1Cl. The third-order valence-electron chi connectivity index (χ3n) is 2.20. The first-order valence-electron chi connectivity index (χ1n) is 5.19. The van der Waals surface area contributed by atoms with Crippen LogP contribution in [0.25, 0.3) is 0 Å². The number of hydrogen-bond donors (Lipinski definition) is 0. The average Bonchev–Trinajstić information content (AvgIpc) is 2.34. The Morgan fingerprint density at radius 3 is 3.06 bits per heavy atom. The van der Waals surface area contributed by atoms with Crippen molar-refractivity contribution in [2.45, 2.75) is 0 Å². The highest BCUT2D eigenvalue weighted by Crippen LogP contribution is 2.15. The van der Waals surface area contributed by atoms with E-state index < -0.39 is 0 Å². The molecule has 0 saturated carbocycles. The number of ether oxygens (including phenoxy) is 1. The van der Waals surface area contributed by atoms with Crippen molar-refractivity contribution < 1.29 is 9.53 Å². The molecule has 1 amide bonds. The second-order valence-electron chi connectivity index (χ2n) is 3.39. The van der Waals surface area contributed by atoms with Gasteiger partial charge < -0.3 is 9.64 Å². The van der Waals surface area contributed by atoms with Crippen LogP contribution in [0, 0.1) is 0 Å². The van der Waals surface area contributed by atoms with Crippen LogP contribution in [0.3, 0.4) is 0 Å². The van der Waals surface area contributed by atoms with Gasteiger partial charge in [0, 0.05) is 32.6 Å². The summed E-state index contributed by atoms with van der Waals surface area (Å²) in [4.78, 5) is 17.7. The Morgan fingerprint density at radius 1 is 1.71 bits per heavy atom. The first-order valence-corrected chi connectivity index (χ1v) is 5.57. The van der Waals surface area contributed by atoms with Gasteiger partial charge in [0.05, 0.1) is 17.2 Å². The number of amides is 1. The summed E-state index contributed by atoms with van der Waals surface area (Å²) < 4.78 is 4.96. The third-order valence-corrected chi connectivity index (χ3v) is 2.53. The second-order valence-corrected chi connectivity index (χ2v) is 3.80. The van der Waals surface area contributed by atoms with Crippen molar-refractivity contribution in [3.63, 3.8) is 0 Å². The Labute approximate surface area is 106 Å². The maximum atomic E-state index is 12.2. The van der Waals surface area contributed by atoms with E-state index in [1.807, 2.05) is 0 Å². The van der Waals surface area contributed by atoms with E-state index in [4.69, 9.17) is 16.3 Å². The van der Waals surface area contributed by atoms with Crippen LogP contribution in [0.15, 0.2) is 31.1 Å². The van der Waals surface area contributed by atoms with Crippen LogP contribution in [-0.2, 0) is 4.74 Å². The van der Waals surface area contributed by atoms with Gasteiger partial charge in [-0.15, -0.1) is 6.58 Å². The standard InChI is InChI=1S/C12H15ClN2O2/c1-3-6-15(7-8-17-2)12(16)10-9-14-5-4-11(10)13/h3-5,9H,1,6-8H2,2H3. The molecular formula is C12H15ClN2O2. The van der Waals surface area contributed by atoms with Crippen LogP contribution in [0.1, 0.15) is 10.4 Å². The number of carbonyl (C=O) groups is 1. The van der Waals surface area contributed by atoms with E-state index in [2.05, 4.69) is 11.6 Å². The molecule has 4 nitrogen and oxygen atoms in total. The highest BCUT2D eigenvalue weighted by atomic mass is 35.5. The lowest BCUT2D eigenvalue weighted by Crippen LogP contribution is -2.34. The number of halogens is 1. The molecule has 1 aromatic heterocycles. The fraction of sp³-hybridized carbons (Fsp3) is 0.333. The smallest absolute Gasteiger partial charge is 0.257 e. The van der Waals surface area contributed by atoms with Crippen molar-refractivity contribution >= 4 is 17.5 Å². The number of rotatable bonds is 6. The van der Waals surface area contributed by atoms with Crippen LogP contribution in [0.2, 0.25) is 5.02 Å². The predicted molar refractivity (Wildman–Crippen MR) is 67.2 cm³/mol. The lowest BCUT2D eigenvalue weighted by molar-refractivity contribution is 0.0718. The van der Waals surface area contributed by atoms with Crippen molar-refractivity contribution in [1.82, 2.24) is 9.88 Å². The van der Waals surface area contributed by atoms with Gasteiger partial charge in [-0.2, -0.15) is 0 Å². The van der Waals surface area contributed by atoms with Gasteiger partial charge in [-0.3, -0.25) is 9.78 Å². The monoisotopic (exact) mass is 254 g/mol. The molecular weight excluding hydrogens is 240 g/mol. The molecule has 0 fully saturated rings. The summed E-state index contributed by atoms with van der Waals surface area (Å²) in [5, 5.41) is 0.400. The highest BCUT2D eigenvalue weighted by Gasteiger charge is 2.17. The largest absolute Gasteiger partial charge is 0.383 e. The molecule has 0 radical (unpaired) electrons. The zero-order chi connectivity index (χ0) is 12.7. The summed E-state index contributed by atoms with van der Waals surface area (Å²) in [6.45, 7) is 5.04. The van der Waals surface area contributed by atoms with Crippen molar-refractivity contribution in [3.8, 4) is 0 Å². The minimum atomic E-state index is -0.167. The highest BCUT2D eigenvalue weighted by molar-refractivity contribution is 6.33. The number of hydrogen-bond acceptors (Lipinski definition) is 3. The summed E-state index contributed by atoms with van der Waals surface area (Å²) in [6.07, 6.45) is 4.68. The van der Waals surface area contributed by atoms with E-state index in [-0.39, 0.29) is 5.91 Å². The zero-order valence-electron chi connectivity index (χ0n) is 9.73. The van der Waals surface area contributed by atoms with Crippen molar-refractivity contribution in [2.75, 3.05) is 26.8 Å². The molecule has 0 unspecified atom stereocenters. The van der Waals surface area contributed by atoms with Gasteiger partial charge in [0.2, 0.25) is 0 Å². The zero-order valence-corrected chi connectivity index (χ0v) is 10.5. The van der Waals surface area contributed by atoms with Gasteiger partial charge in [-0.25, -0.2) is 0 Å². The van der Waals surface area contributed by atoms with Gasteiger partial charge in [-0.05, 0) is 6.07 Å². The molecule has 0 spiro atoms. The second kappa shape index (κ2) is 7.04. The van der Waals surface area contributed by atoms with Crippen molar-refractivity contribution in [1.29, 1.82) is 0 Å². The van der Waals surface area contributed by atoms with E-state index in [0.717, 1.165) is 0 Å². The number of pyridine rings is 1. The molecule has 5 heteroatoms. The fourth-order valence-corrected chi connectivity index (χ4v) is 1.52. The third kappa shape index (κ3) is 3.84. The fourth-order valence-electron chi connectivity index (χ4n) is 1.34. The number of nitrogens with zero attached hydrogens (tertiary/aromatic N) is 2. The van der Waals surface area contributed by atoms with E-state index in [1.54, 1.807) is 30.3 Å². The van der Waals surface area contributed by atoms with E-state index in [0.29, 0.717) is 30.3 Å². The Balaban J connectivity index is 2.83. The first-order chi connectivity index (χ1) is 8.20. The number of methoxy groups -OCH3 is 1. The van der Waals surface area contributed by atoms with Crippen molar-refractivity contribution in [2.24, 2.45) is 0 Å². The molecule has 0 atom stereocenters. The molecule has 0 aliphatic heterocycles. The molecule has 1 heterocycles. The lowest BCUT2D eigenvalue weighted by atomic mass is 10.2. The quantitative estimate of drug-likeness (QED) is 0.730. The Bertz CT molecular complexity index is 396. The van der Waals surface area contributed by atoms with Crippen LogP contribution >= 0.6 is 11.6 Å². The van der Waals surface area contributed by atoms with Gasteiger partial charge in [0.1, 0.15) is 0 Å². The first kappa shape index (κ1) is 13.7. The Morgan fingerprint density at radius 2 is 2.47 bits per heavy atom. The maximum absolute atomic E-state index is 12.2. The minimum absolute atomic E-state index is 0.167. The normalized spacial score (nSPS) is 10.0. The summed E-state index contributed by atoms with van der Waals surface area (Å²) in [7, 11) is 1.59. The summed E-state index contributed by atoms with van der Waals surface area (Å²) in [5.41, 5.74) is 0.395. The molecule has 1 aromatic rings. The summed E-state index contributed by atoms with van der Waals surface area (Å²) >= 11 is 5.95. The lowest BCUT2D eigenvalue weighted by Gasteiger charge is -2.20. The molecule has 0 saturated heterocycles. The van der Waals surface area contributed by atoms with Gasteiger partial charge in [0.25, 0.3) is 5.91 Å². The van der Waals surface area contributed by atoms with Crippen LogP contribution in [0.5, 0.6) is 0 Å². The molecule has 92 valence electrons. The van der Waals surface area contributed by atoms with E-state index >= 15 is 0 Å². The molecule has 0 aliphatic rings. The van der Waals surface area contributed by atoms with E-state index in [9.17, 15) is 4.79 Å². The van der Waals surface area contributed by atoms with Gasteiger partial charge >= 0.3 is 0 Å². The maximum Gasteiger partial charge on any atom is 0.257 e. The predicted octanol–water partition coefficient (Wildman–Crippen LogP) is 2.01. The van der Waals surface area contributed by atoms with Crippen LogP contribution < -0.4 is 0 Å². The van der Waals surface area contributed by atoms with E-state index in [1.165, 1.54) is 6.20 Å². The molecule has 0 N–H and O–H groups in total. The molecule has 17 heavy (non-hydrogen) atoms. The summed E-state index contributed by atoms with van der Waals surface area (Å²) in [6, 6.07) is 1.59. The number of aromatic nitrogens is 1.